The molecule has 0 bridgehead atoms. The van der Waals surface area contributed by atoms with Crippen LogP contribution in [0.2, 0.25) is 0 Å². The van der Waals surface area contributed by atoms with Gasteiger partial charge in [0.05, 0.1) is 44.9 Å². The van der Waals surface area contributed by atoms with E-state index in [-0.39, 0.29) is 47.6 Å². The van der Waals surface area contributed by atoms with Crippen LogP contribution in [0.4, 0.5) is 0 Å². The lowest BCUT2D eigenvalue weighted by Crippen LogP contribution is -2.27. The molecule has 0 amide bonds. The van der Waals surface area contributed by atoms with Gasteiger partial charge in [-0.05, 0) is 71.5 Å². The monoisotopic (exact) mass is 726 g/mol. The largest absolute Gasteiger partial charge is 0.270 e. The second-order valence-corrected chi connectivity index (χ2v) is 18.3. The average Bonchev–Trinajstić information content (AvgIpc) is 3.88. The third-order valence-electron chi connectivity index (χ3n) is 9.87. The second kappa shape index (κ2) is 11.4. The normalized spacial score (nSPS) is 22.1. The summed E-state index contributed by atoms with van der Waals surface area (Å²) < 4.78 is 55.3. The van der Waals surface area contributed by atoms with Crippen molar-refractivity contribution in [1.29, 1.82) is 10.5 Å². The molecule has 4 aromatic rings. The van der Waals surface area contributed by atoms with E-state index < -0.39 is 19.7 Å². The molecule has 1 fully saturated rings. The topological polar surface area (TPSA) is 125 Å². The fourth-order valence-corrected chi connectivity index (χ4v) is 13.9. The maximum absolute atomic E-state index is 13.8. The van der Waals surface area contributed by atoms with Crippen LogP contribution in [0, 0.1) is 35.8 Å². The molecule has 1 saturated carbocycles. The molecule has 0 N–H and O–H groups in total. The Morgan fingerprint density at radius 3 is 1.52 bits per heavy atom. The molecule has 2 aromatic heterocycles. The molecule has 8 rings (SSSR count). The van der Waals surface area contributed by atoms with Gasteiger partial charge in [-0.3, -0.25) is 0 Å². The van der Waals surface area contributed by atoms with Crippen LogP contribution in [0.25, 0.3) is 42.7 Å². The molecule has 2 aliphatic heterocycles. The molecule has 12 heteroatoms. The molecule has 4 heterocycles. The smallest absolute Gasteiger partial charge is 0.226 e. The maximum Gasteiger partial charge on any atom is 0.270 e. The van der Waals surface area contributed by atoms with E-state index in [0.717, 1.165) is 53.0 Å². The van der Waals surface area contributed by atoms with Crippen LogP contribution in [0.15, 0.2) is 91.7 Å². The summed E-state index contributed by atoms with van der Waals surface area (Å²) in [5, 5.41) is 19.6. The Labute approximate surface area is 297 Å². The van der Waals surface area contributed by atoms with Gasteiger partial charge in [-0.15, -0.1) is 22.7 Å². The Hall–Kier alpha value is -5.34. The van der Waals surface area contributed by atoms with Crippen LogP contribution in [0.5, 0.6) is 0 Å². The lowest BCUT2D eigenvalue weighted by Gasteiger charge is -2.34. The molecule has 4 aliphatic rings. The van der Waals surface area contributed by atoms with Crippen molar-refractivity contribution < 1.29 is 16.8 Å². The van der Waals surface area contributed by atoms with Crippen LogP contribution < -0.4 is 0 Å². The highest BCUT2D eigenvalue weighted by Gasteiger charge is 2.47. The van der Waals surface area contributed by atoms with Gasteiger partial charge in [0.25, 0.3) is 11.4 Å². The first-order chi connectivity index (χ1) is 24.1. The first-order valence-corrected chi connectivity index (χ1v) is 20.2. The third kappa shape index (κ3) is 4.34. The van der Waals surface area contributed by atoms with Crippen LogP contribution >= 0.6 is 22.7 Å². The molecule has 242 valence electrons. The van der Waals surface area contributed by atoms with Crippen LogP contribution in [-0.2, 0) is 25.1 Å². The lowest BCUT2D eigenvalue weighted by atomic mass is 9.68. The predicted octanol–water partition coefficient (Wildman–Crippen LogP) is 9.00. The number of fused-ring (bicyclic) bond motifs is 7. The predicted molar refractivity (Wildman–Crippen MR) is 193 cm³/mol. The SMILES string of the molecule is [C-]#[N+]C(C#N)=C1/C(=C/c2cc3c(s2)-c2sc(C=C4/C(=C(\C#N)[N+]#[C-])c5ccccc5S4(=O)=O)cc2C32CCCCC2)S(=O)(=O)c2ccccc21. The van der Waals surface area contributed by atoms with Gasteiger partial charge in [-0.25, -0.2) is 37.0 Å². The standard InChI is InChI=1S/C38H22N4O4S4/c1-41-28(20-39)34-24-10-4-6-12-30(24)49(43,44)32(34)18-22-16-26-36(47-22)37-27(38(26)14-8-3-9-15-38)17-23(48-37)19-33-35(29(21-40)42-2)25-11-5-7-13-31(25)50(33,45)46/h4-7,10-13,16-19H,3,8-9,14-15H2/b32-18-,33-19?,34-28?,35-29+. The number of allylic oxidation sites excluding steroid dienone is 4. The van der Waals surface area contributed by atoms with Gasteiger partial charge in [0.15, 0.2) is 0 Å². The van der Waals surface area contributed by atoms with Crippen LogP contribution in [0.3, 0.4) is 0 Å². The lowest BCUT2D eigenvalue weighted by molar-refractivity contribution is 0.353. The third-order valence-corrected chi connectivity index (χ3v) is 15.9. The van der Waals surface area contributed by atoms with Crippen molar-refractivity contribution in [2.45, 2.75) is 47.3 Å². The van der Waals surface area contributed by atoms with Gasteiger partial charge < -0.3 is 0 Å². The molecular formula is C38H22N4O4S4. The van der Waals surface area contributed by atoms with Crippen LogP contribution in [-0.4, -0.2) is 16.8 Å². The number of nitrogens with zero attached hydrogens (tertiary/aromatic N) is 4. The molecule has 0 unspecified atom stereocenters. The van der Waals surface area contributed by atoms with Gasteiger partial charge >= 0.3 is 0 Å². The van der Waals surface area contributed by atoms with Crippen molar-refractivity contribution in [1.82, 2.24) is 0 Å². The van der Waals surface area contributed by atoms with E-state index in [1.807, 2.05) is 24.3 Å². The summed E-state index contributed by atoms with van der Waals surface area (Å²) >= 11 is 2.88. The minimum atomic E-state index is -4.00. The van der Waals surface area contributed by atoms with E-state index in [0.29, 0.717) is 20.9 Å². The zero-order valence-corrected chi connectivity index (χ0v) is 29.3. The first-order valence-electron chi connectivity index (χ1n) is 15.6. The molecule has 0 saturated heterocycles. The number of thiophene rings is 2. The van der Waals surface area contributed by atoms with Gasteiger partial charge in [-0.1, -0.05) is 55.7 Å². The van der Waals surface area contributed by atoms with E-state index in [9.17, 15) is 27.4 Å². The van der Waals surface area contributed by atoms with Gasteiger partial charge in [0.1, 0.15) is 0 Å². The second-order valence-electron chi connectivity index (χ2n) is 12.3. The van der Waals surface area contributed by atoms with Crippen molar-refractivity contribution in [3.8, 4) is 21.9 Å². The molecule has 2 aliphatic carbocycles. The summed E-state index contributed by atoms with van der Waals surface area (Å²) in [5.74, 6) is 0. The van der Waals surface area contributed by atoms with Crippen molar-refractivity contribution in [2.75, 3.05) is 0 Å². The number of hydrogen-bond acceptors (Lipinski definition) is 8. The Bertz CT molecular complexity index is 2540. The number of rotatable bonds is 2. The van der Waals surface area contributed by atoms with Crippen molar-refractivity contribution >= 4 is 65.6 Å². The van der Waals surface area contributed by atoms with E-state index >= 15 is 0 Å². The summed E-state index contributed by atoms with van der Waals surface area (Å²) in [6.45, 7) is 15.2. The zero-order valence-electron chi connectivity index (χ0n) is 26.0. The van der Waals surface area contributed by atoms with Gasteiger partial charge in [-0.2, -0.15) is 0 Å². The van der Waals surface area contributed by atoms with Crippen molar-refractivity contribution in [3.05, 3.63) is 137 Å². The molecule has 0 atom stereocenters. The van der Waals surface area contributed by atoms with E-state index in [1.165, 1.54) is 34.8 Å². The summed E-state index contributed by atoms with van der Waals surface area (Å²) in [5.41, 5.74) is 2.22. The summed E-state index contributed by atoms with van der Waals surface area (Å²) in [6, 6.07) is 20.7. The molecular weight excluding hydrogens is 705 g/mol. The number of hydrogen-bond donors (Lipinski definition) is 0. The number of nitriles is 2. The van der Waals surface area contributed by atoms with Crippen molar-refractivity contribution in [3.63, 3.8) is 0 Å². The van der Waals surface area contributed by atoms with E-state index in [1.54, 1.807) is 48.6 Å². The summed E-state index contributed by atoms with van der Waals surface area (Å²) in [6.07, 6.45) is 8.00. The Morgan fingerprint density at radius 2 is 1.12 bits per heavy atom. The molecule has 8 nitrogen and oxygen atoms in total. The summed E-state index contributed by atoms with van der Waals surface area (Å²) in [4.78, 5) is 10.1. The zero-order chi connectivity index (χ0) is 35.0. The minimum Gasteiger partial charge on any atom is -0.226 e. The first kappa shape index (κ1) is 31.9. The average molecular weight is 727 g/mol. The Kier molecular flexibility index (Phi) is 7.24. The van der Waals surface area contributed by atoms with E-state index in [4.69, 9.17) is 13.1 Å². The highest BCUT2D eigenvalue weighted by Crippen LogP contribution is 2.61. The summed E-state index contributed by atoms with van der Waals surface area (Å²) in [7, 11) is -8.00. The van der Waals surface area contributed by atoms with Crippen molar-refractivity contribution in [2.24, 2.45) is 0 Å². The van der Waals surface area contributed by atoms with E-state index in [2.05, 4.69) is 9.69 Å². The molecule has 1 spiro atoms. The van der Waals surface area contributed by atoms with Crippen LogP contribution in [0.1, 0.15) is 64.1 Å². The molecule has 2 aromatic carbocycles. The molecule has 50 heavy (non-hydrogen) atoms. The number of sulfone groups is 2. The Morgan fingerprint density at radius 1 is 0.700 bits per heavy atom. The number of benzene rings is 2. The maximum atomic E-state index is 13.8. The minimum absolute atomic E-state index is 0.0685. The Balaban J connectivity index is 1.31. The fraction of sp³-hybridized carbons (Fsp3) is 0.158. The van der Waals surface area contributed by atoms with Gasteiger partial charge in [0.2, 0.25) is 19.7 Å². The fourth-order valence-electron chi connectivity index (χ4n) is 7.76. The highest BCUT2D eigenvalue weighted by atomic mass is 32.2. The highest BCUT2D eigenvalue weighted by molar-refractivity contribution is 7.97. The molecule has 0 radical (unpaired) electrons. The van der Waals surface area contributed by atoms with Gasteiger partial charge in [0, 0.05) is 36.1 Å². The quantitative estimate of drug-likeness (QED) is 0.150.